The molecular formula is C22H25F3O3. The molecule has 1 aliphatic carbocycles. The third kappa shape index (κ3) is 3.77. The summed E-state index contributed by atoms with van der Waals surface area (Å²) in [7, 11) is 0. The molecule has 28 heavy (non-hydrogen) atoms. The van der Waals surface area contributed by atoms with E-state index < -0.39 is 34.5 Å². The van der Waals surface area contributed by atoms with Crippen LogP contribution in [0.2, 0.25) is 0 Å². The number of rotatable bonds is 2. The monoisotopic (exact) mass is 394 g/mol. The van der Waals surface area contributed by atoms with Gasteiger partial charge in [-0.05, 0) is 56.9 Å². The van der Waals surface area contributed by atoms with Gasteiger partial charge in [-0.2, -0.15) is 13.2 Å². The van der Waals surface area contributed by atoms with Crippen molar-refractivity contribution in [3.8, 4) is 0 Å². The van der Waals surface area contributed by atoms with Crippen LogP contribution in [-0.4, -0.2) is 16.7 Å². The number of halogens is 3. The number of hydrogen-bond acceptors (Lipinski definition) is 3. The van der Waals surface area contributed by atoms with E-state index in [1.54, 1.807) is 34.6 Å². The Kier molecular flexibility index (Phi) is 5.66. The highest BCUT2D eigenvalue weighted by molar-refractivity contribution is 6.27. The van der Waals surface area contributed by atoms with E-state index in [-0.39, 0.29) is 28.7 Å². The zero-order valence-electron chi connectivity index (χ0n) is 17.0. The van der Waals surface area contributed by atoms with Gasteiger partial charge in [-0.1, -0.05) is 25.5 Å². The number of carbonyl (C=O) groups excluding carboxylic acids is 2. The van der Waals surface area contributed by atoms with Gasteiger partial charge in [-0.3, -0.25) is 9.59 Å². The molecule has 1 aliphatic rings. The SMILES string of the molecule is CC(C)=C(C)c1c(C(F)(F)F)ccc(/C(O)=C2/C(=O)CCC(C)(C)C2=O)c1C. The number of allylic oxidation sites excluding steroid dienone is 3. The Hall–Kier alpha value is -2.37. The maximum Gasteiger partial charge on any atom is 0.417 e. The Labute approximate surface area is 162 Å². The van der Waals surface area contributed by atoms with Crippen molar-refractivity contribution in [2.45, 2.75) is 60.6 Å². The molecule has 1 N–H and O–H groups in total. The minimum atomic E-state index is -4.57. The summed E-state index contributed by atoms with van der Waals surface area (Å²) in [6.45, 7) is 9.83. The van der Waals surface area contributed by atoms with Crippen LogP contribution in [0.1, 0.15) is 69.7 Å². The van der Waals surface area contributed by atoms with Crippen LogP contribution in [-0.2, 0) is 15.8 Å². The average molecular weight is 394 g/mol. The standard InChI is InChI=1S/C22H25F3O3/c1-11(2)12(3)17-13(4)14(7-8-15(17)22(23,24)25)19(27)18-16(26)9-10-21(5,6)20(18)28/h7-8,27H,9-10H2,1-6H3/b19-18+. The second kappa shape index (κ2) is 7.22. The molecule has 1 aromatic carbocycles. The van der Waals surface area contributed by atoms with Gasteiger partial charge < -0.3 is 5.11 Å². The molecule has 152 valence electrons. The summed E-state index contributed by atoms with van der Waals surface area (Å²) in [5.74, 6) is -1.51. The van der Waals surface area contributed by atoms with Crippen LogP contribution in [0, 0.1) is 12.3 Å². The van der Waals surface area contributed by atoms with Crippen molar-refractivity contribution in [3.05, 3.63) is 45.5 Å². The van der Waals surface area contributed by atoms with Crippen molar-refractivity contribution < 1.29 is 27.9 Å². The molecule has 2 rings (SSSR count). The number of hydrogen-bond donors (Lipinski definition) is 1. The lowest BCUT2D eigenvalue weighted by atomic mass is 9.72. The van der Waals surface area contributed by atoms with Gasteiger partial charge >= 0.3 is 6.18 Å². The molecule has 3 nitrogen and oxygen atoms in total. The van der Waals surface area contributed by atoms with E-state index in [9.17, 15) is 27.9 Å². The molecule has 0 heterocycles. The van der Waals surface area contributed by atoms with Gasteiger partial charge in [0.05, 0.1) is 5.56 Å². The molecule has 1 saturated carbocycles. The van der Waals surface area contributed by atoms with Crippen LogP contribution >= 0.6 is 0 Å². The first-order chi connectivity index (χ1) is 12.7. The van der Waals surface area contributed by atoms with Gasteiger partial charge in [0.15, 0.2) is 11.6 Å². The van der Waals surface area contributed by atoms with Crippen molar-refractivity contribution >= 4 is 22.9 Å². The van der Waals surface area contributed by atoms with Crippen LogP contribution in [0.25, 0.3) is 11.3 Å². The normalized spacial score (nSPS) is 18.9. The van der Waals surface area contributed by atoms with Crippen LogP contribution in [0.15, 0.2) is 23.3 Å². The first kappa shape index (κ1) is 21.9. The molecule has 0 aromatic heterocycles. The van der Waals surface area contributed by atoms with E-state index in [2.05, 4.69) is 0 Å². The summed E-state index contributed by atoms with van der Waals surface area (Å²) in [6.07, 6.45) is -4.09. The van der Waals surface area contributed by atoms with Crippen molar-refractivity contribution in [1.82, 2.24) is 0 Å². The number of alkyl halides is 3. The summed E-state index contributed by atoms with van der Waals surface area (Å²) in [6, 6.07) is 2.02. The molecular weight excluding hydrogens is 369 g/mol. The highest BCUT2D eigenvalue weighted by Crippen LogP contribution is 2.41. The van der Waals surface area contributed by atoms with Crippen LogP contribution in [0.5, 0.6) is 0 Å². The molecule has 1 aromatic rings. The van der Waals surface area contributed by atoms with Crippen molar-refractivity contribution in [2.24, 2.45) is 5.41 Å². The van der Waals surface area contributed by atoms with E-state index >= 15 is 0 Å². The Balaban J connectivity index is 2.84. The quantitative estimate of drug-likeness (QED) is 0.377. The summed E-state index contributed by atoms with van der Waals surface area (Å²) >= 11 is 0. The largest absolute Gasteiger partial charge is 0.506 e. The van der Waals surface area contributed by atoms with E-state index in [0.29, 0.717) is 17.6 Å². The molecule has 0 unspecified atom stereocenters. The topological polar surface area (TPSA) is 54.4 Å². The fourth-order valence-corrected chi connectivity index (χ4v) is 3.44. The first-order valence-corrected chi connectivity index (χ1v) is 9.07. The van der Waals surface area contributed by atoms with E-state index in [1.807, 2.05) is 0 Å². The molecule has 0 atom stereocenters. The number of aliphatic hydroxyl groups excluding tert-OH is 1. The minimum Gasteiger partial charge on any atom is -0.506 e. The molecule has 0 spiro atoms. The lowest BCUT2D eigenvalue weighted by Crippen LogP contribution is -2.35. The molecule has 0 aliphatic heterocycles. The lowest BCUT2D eigenvalue weighted by molar-refractivity contribution is -0.138. The predicted molar refractivity (Wildman–Crippen MR) is 103 cm³/mol. The summed E-state index contributed by atoms with van der Waals surface area (Å²) in [5.41, 5.74) is -0.593. The van der Waals surface area contributed by atoms with Crippen molar-refractivity contribution in [2.75, 3.05) is 0 Å². The Bertz CT molecular complexity index is 912. The van der Waals surface area contributed by atoms with Crippen molar-refractivity contribution in [3.63, 3.8) is 0 Å². The first-order valence-electron chi connectivity index (χ1n) is 9.07. The summed E-state index contributed by atoms with van der Waals surface area (Å²) in [4.78, 5) is 25.1. The number of carbonyl (C=O) groups is 2. The number of ketones is 2. The molecule has 0 saturated heterocycles. The van der Waals surface area contributed by atoms with Gasteiger partial charge in [0.25, 0.3) is 0 Å². The molecule has 6 heteroatoms. The Morgan fingerprint density at radius 2 is 1.68 bits per heavy atom. The maximum atomic E-state index is 13.6. The molecule has 0 bridgehead atoms. The van der Waals surface area contributed by atoms with Crippen LogP contribution in [0.4, 0.5) is 13.2 Å². The van der Waals surface area contributed by atoms with Gasteiger partial charge in [0.2, 0.25) is 0 Å². The fourth-order valence-electron chi connectivity index (χ4n) is 3.44. The highest BCUT2D eigenvalue weighted by Gasteiger charge is 2.41. The van der Waals surface area contributed by atoms with Gasteiger partial charge in [-0.25, -0.2) is 0 Å². The summed E-state index contributed by atoms with van der Waals surface area (Å²) < 4.78 is 40.7. The minimum absolute atomic E-state index is 0.0351. The van der Waals surface area contributed by atoms with Gasteiger partial charge in [-0.15, -0.1) is 0 Å². The van der Waals surface area contributed by atoms with Gasteiger partial charge in [0, 0.05) is 17.4 Å². The Morgan fingerprint density at radius 1 is 1.11 bits per heavy atom. The maximum absolute atomic E-state index is 13.6. The average Bonchev–Trinajstić information content (AvgIpc) is 2.57. The van der Waals surface area contributed by atoms with E-state index in [0.717, 1.165) is 12.1 Å². The second-order valence-corrected chi connectivity index (χ2v) is 8.14. The zero-order chi connectivity index (χ0) is 21.6. The molecule has 0 radical (unpaired) electrons. The number of benzene rings is 1. The number of aliphatic hydroxyl groups is 1. The van der Waals surface area contributed by atoms with E-state index in [1.165, 1.54) is 6.92 Å². The van der Waals surface area contributed by atoms with Crippen molar-refractivity contribution in [1.29, 1.82) is 0 Å². The smallest absolute Gasteiger partial charge is 0.417 e. The highest BCUT2D eigenvalue weighted by atomic mass is 19.4. The Morgan fingerprint density at radius 3 is 2.18 bits per heavy atom. The van der Waals surface area contributed by atoms with Crippen LogP contribution in [0.3, 0.4) is 0 Å². The zero-order valence-corrected chi connectivity index (χ0v) is 17.0. The number of Topliss-reactive ketones (excluding diaryl/α,β-unsaturated/α-hetero) is 2. The third-order valence-electron chi connectivity index (χ3n) is 5.48. The lowest BCUT2D eigenvalue weighted by Gasteiger charge is -2.29. The summed E-state index contributed by atoms with van der Waals surface area (Å²) in [5, 5.41) is 10.8. The third-order valence-corrected chi connectivity index (χ3v) is 5.48. The fraction of sp³-hybridized carbons (Fsp3) is 0.455. The van der Waals surface area contributed by atoms with Gasteiger partial charge in [0.1, 0.15) is 11.3 Å². The predicted octanol–water partition coefficient (Wildman–Crippen LogP) is 6.05. The van der Waals surface area contributed by atoms with E-state index in [4.69, 9.17) is 0 Å². The molecule has 1 fully saturated rings. The molecule has 0 amide bonds. The van der Waals surface area contributed by atoms with Crippen LogP contribution < -0.4 is 0 Å². The second-order valence-electron chi connectivity index (χ2n) is 8.14.